The van der Waals surface area contributed by atoms with Gasteiger partial charge in [0.25, 0.3) is 0 Å². The van der Waals surface area contributed by atoms with Crippen molar-refractivity contribution in [2.75, 3.05) is 6.61 Å². The maximum Gasteiger partial charge on any atom is 0.132 e. The molecule has 0 spiro atoms. The van der Waals surface area contributed by atoms with E-state index in [1.807, 2.05) is 23.8 Å². The van der Waals surface area contributed by atoms with Crippen LogP contribution in [0.2, 0.25) is 0 Å². The Kier molecular flexibility index (Phi) is 3.25. The number of nitrogens with zero attached hydrogens (tertiary/aromatic N) is 1. The Bertz CT molecular complexity index is 490. The first kappa shape index (κ1) is 11.1. The lowest BCUT2D eigenvalue weighted by atomic mass is 10.2. The molecular weight excluding hydrogens is 205 g/mol. The average molecular weight is 221 g/mol. The first-order valence-electron chi connectivity index (χ1n) is 5.61. The van der Waals surface area contributed by atoms with Crippen molar-refractivity contribution in [3.63, 3.8) is 0 Å². The van der Waals surface area contributed by atoms with Crippen LogP contribution in [0.4, 0.5) is 4.39 Å². The fourth-order valence-corrected chi connectivity index (χ4v) is 1.98. The van der Waals surface area contributed by atoms with E-state index in [4.69, 9.17) is 4.74 Å². The predicted octanol–water partition coefficient (Wildman–Crippen LogP) is 3.34. The number of aromatic nitrogens is 1. The molecule has 2 rings (SSSR count). The van der Waals surface area contributed by atoms with Crippen molar-refractivity contribution < 1.29 is 9.13 Å². The van der Waals surface area contributed by atoms with E-state index < -0.39 is 0 Å². The summed E-state index contributed by atoms with van der Waals surface area (Å²) in [7, 11) is 0. The molecule has 0 bridgehead atoms. The molecule has 1 heterocycles. The first-order chi connectivity index (χ1) is 7.77. The molecule has 86 valence electrons. The van der Waals surface area contributed by atoms with Crippen molar-refractivity contribution in [2.24, 2.45) is 0 Å². The van der Waals surface area contributed by atoms with Crippen molar-refractivity contribution in [3.8, 4) is 0 Å². The Morgan fingerprint density at radius 1 is 1.31 bits per heavy atom. The maximum absolute atomic E-state index is 13.8. The lowest BCUT2D eigenvalue weighted by Gasteiger charge is -2.00. The molecule has 0 amide bonds. The van der Waals surface area contributed by atoms with Crippen LogP contribution in [-0.4, -0.2) is 11.2 Å². The maximum atomic E-state index is 13.8. The summed E-state index contributed by atoms with van der Waals surface area (Å²) in [5.74, 6) is -0.167. The summed E-state index contributed by atoms with van der Waals surface area (Å²) in [6.45, 7) is 5.95. The number of rotatable bonds is 4. The number of aryl methyl sites for hydroxylation is 1. The summed E-state index contributed by atoms with van der Waals surface area (Å²) in [6, 6.07) is 5.18. The van der Waals surface area contributed by atoms with Crippen molar-refractivity contribution in [3.05, 3.63) is 35.8 Å². The quantitative estimate of drug-likeness (QED) is 0.772. The molecule has 0 aliphatic rings. The van der Waals surface area contributed by atoms with Gasteiger partial charge >= 0.3 is 0 Å². The predicted molar refractivity (Wildman–Crippen MR) is 62.9 cm³/mol. The van der Waals surface area contributed by atoms with Gasteiger partial charge in [-0.25, -0.2) is 4.39 Å². The SMILES string of the molecule is CCOCc1cn(CC)c2cccc(F)c12. The molecule has 3 heteroatoms. The van der Waals surface area contributed by atoms with Crippen LogP contribution >= 0.6 is 0 Å². The molecule has 2 nitrogen and oxygen atoms in total. The van der Waals surface area contributed by atoms with E-state index in [1.54, 1.807) is 6.07 Å². The summed E-state index contributed by atoms with van der Waals surface area (Å²) >= 11 is 0. The Hall–Kier alpha value is -1.35. The summed E-state index contributed by atoms with van der Waals surface area (Å²) < 4.78 is 21.2. The monoisotopic (exact) mass is 221 g/mol. The van der Waals surface area contributed by atoms with E-state index in [0.29, 0.717) is 18.6 Å². The number of ether oxygens (including phenoxy) is 1. The van der Waals surface area contributed by atoms with Crippen LogP contribution in [0, 0.1) is 5.82 Å². The van der Waals surface area contributed by atoms with Gasteiger partial charge in [0.1, 0.15) is 5.82 Å². The highest BCUT2D eigenvalue weighted by Gasteiger charge is 2.11. The molecule has 0 saturated heterocycles. The highest BCUT2D eigenvalue weighted by atomic mass is 19.1. The zero-order chi connectivity index (χ0) is 11.5. The van der Waals surface area contributed by atoms with Gasteiger partial charge in [-0.15, -0.1) is 0 Å². The molecule has 0 aliphatic heterocycles. The normalized spacial score (nSPS) is 11.2. The molecule has 16 heavy (non-hydrogen) atoms. The van der Waals surface area contributed by atoms with Crippen LogP contribution < -0.4 is 0 Å². The second kappa shape index (κ2) is 4.66. The lowest BCUT2D eigenvalue weighted by Crippen LogP contribution is -1.92. The summed E-state index contributed by atoms with van der Waals surface area (Å²) in [6.07, 6.45) is 1.98. The van der Waals surface area contributed by atoms with Gasteiger partial charge in [0.2, 0.25) is 0 Å². The lowest BCUT2D eigenvalue weighted by molar-refractivity contribution is 0.134. The number of halogens is 1. The van der Waals surface area contributed by atoms with E-state index in [-0.39, 0.29) is 5.82 Å². The summed E-state index contributed by atoms with van der Waals surface area (Å²) in [5, 5.41) is 0.692. The van der Waals surface area contributed by atoms with Gasteiger partial charge in [-0.1, -0.05) is 6.07 Å². The molecule has 0 N–H and O–H groups in total. The molecular formula is C13H16FNO. The van der Waals surface area contributed by atoms with Gasteiger partial charge in [-0.3, -0.25) is 0 Å². The number of benzene rings is 1. The van der Waals surface area contributed by atoms with Crippen molar-refractivity contribution in [2.45, 2.75) is 27.0 Å². The topological polar surface area (TPSA) is 14.2 Å². The number of hydrogen-bond donors (Lipinski definition) is 0. The van der Waals surface area contributed by atoms with Crippen LogP contribution in [0.1, 0.15) is 19.4 Å². The third kappa shape index (κ3) is 1.83. The van der Waals surface area contributed by atoms with Crippen LogP contribution in [0.3, 0.4) is 0 Å². The van der Waals surface area contributed by atoms with Crippen LogP contribution in [-0.2, 0) is 17.9 Å². The zero-order valence-electron chi connectivity index (χ0n) is 9.66. The van der Waals surface area contributed by atoms with Crippen LogP contribution in [0.15, 0.2) is 24.4 Å². The molecule has 0 aliphatic carbocycles. The van der Waals surface area contributed by atoms with Crippen molar-refractivity contribution >= 4 is 10.9 Å². The standard InChI is InChI=1S/C13H16FNO/c1-3-15-8-10(9-16-4-2)13-11(14)6-5-7-12(13)15/h5-8H,3-4,9H2,1-2H3. The fourth-order valence-electron chi connectivity index (χ4n) is 1.98. The smallest absolute Gasteiger partial charge is 0.132 e. The fraction of sp³-hybridized carbons (Fsp3) is 0.385. The number of hydrogen-bond acceptors (Lipinski definition) is 1. The largest absolute Gasteiger partial charge is 0.377 e. The van der Waals surface area contributed by atoms with E-state index in [9.17, 15) is 4.39 Å². The Morgan fingerprint density at radius 3 is 2.81 bits per heavy atom. The Balaban J connectivity index is 2.55. The first-order valence-corrected chi connectivity index (χ1v) is 5.61. The average Bonchev–Trinajstić information content (AvgIpc) is 2.66. The van der Waals surface area contributed by atoms with Crippen LogP contribution in [0.25, 0.3) is 10.9 Å². The summed E-state index contributed by atoms with van der Waals surface area (Å²) in [5.41, 5.74) is 1.87. The Labute approximate surface area is 94.6 Å². The molecule has 0 fully saturated rings. The van der Waals surface area contributed by atoms with Gasteiger partial charge in [-0.05, 0) is 26.0 Å². The molecule has 0 saturated carbocycles. The van der Waals surface area contributed by atoms with Crippen LogP contribution in [0.5, 0.6) is 0 Å². The molecule has 0 atom stereocenters. The molecule has 0 unspecified atom stereocenters. The minimum absolute atomic E-state index is 0.167. The van der Waals surface area contributed by atoms with E-state index in [0.717, 1.165) is 17.6 Å². The van der Waals surface area contributed by atoms with Crippen molar-refractivity contribution in [1.29, 1.82) is 0 Å². The third-order valence-electron chi connectivity index (χ3n) is 2.74. The second-order valence-electron chi connectivity index (χ2n) is 3.71. The minimum Gasteiger partial charge on any atom is -0.377 e. The van der Waals surface area contributed by atoms with Gasteiger partial charge in [0.15, 0.2) is 0 Å². The third-order valence-corrected chi connectivity index (χ3v) is 2.74. The highest BCUT2D eigenvalue weighted by molar-refractivity contribution is 5.84. The van der Waals surface area contributed by atoms with Gasteiger partial charge in [-0.2, -0.15) is 0 Å². The van der Waals surface area contributed by atoms with Gasteiger partial charge < -0.3 is 9.30 Å². The van der Waals surface area contributed by atoms with Crippen molar-refractivity contribution in [1.82, 2.24) is 4.57 Å². The molecule has 2 aromatic rings. The van der Waals surface area contributed by atoms with E-state index in [1.165, 1.54) is 6.07 Å². The van der Waals surface area contributed by atoms with E-state index >= 15 is 0 Å². The number of fused-ring (bicyclic) bond motifs is 1. The zero-order valence-corrected chi connectivity index (χ0v) is 9.66. The molecule has 1 aromatic carbocycles. The van der Waals surface area contributed by atoms with E-state index in [2.05, 4.69) is 6.92 Å². The molecule has 0 radical (unpaired) electrons. The molecule has 1 aromatic heterocycles. The minimum atomic E-state index is -0.167. The van der Waals surface area contributed by atoms with Gasteiger partial charge in [0, 0.05) is 30.3 Å². The summed E-state index contributed by atoms with van der Waals surface area (Å²) in [4.78, 5) is 0. The second-order valence-corrected chi connectivity index (χ2v) is 3.71. The van der Waals surface area contributed by atoms with Gasteiger partial charge in [0.05, 0.1) is 12.1 Å². The Morgan fingerprint density at radius 2 is 2.12 bits per heavy atom. The highest BCUT2D eigenvalue weighted by Crippen LogP contribution is 2.24.